The molecular weight excluding hydrogens is 815 g/mol. The van der Waals surface area contributed by atoms with Crippen LogP contribution in [0.1, 0.15) is 322 Å². The Kier molecular flexibility index (Phi) is 54.5. The summed E-state index contributed by atoms with van der Waals surface area (Å²) in [7, 11) is 0. The van der Waals surface area contributed by atoms with Crippen molar-refractivity contribution in [1.82, 2.24) is 5.32 Å². The number of hydrogen-bond donors (Lipinski definition) is 3. The first kappa shape index (κ1) is 64.3. The van der Waals surface area contributed by atoms with Crippen LogP contribution in [0.4, 0.5) is 0 Å². The number of esters is 1. The molecule has 390 valence electrons. The van der Waals surface area contributed by atoms with Crippen molar-refractivity contribution in [2.24, 2.45) is 0 Å². The van der Waals surface area contributed by atoms with Crippen LogP contribution in [0.2, 0.25) is 0 Å². The molecule has 6 heteroatoms. The first-order valence-electron chi connectivity index (χ1n) is 29.6. The van der Waals surface area contributed by atoms with E-state index in [0.717, 1.165) is 38.5 Å². The second-order valence-corrected chi connectivity index (χ2v) is 20.3. The fourth-order valence-corrected chi connectivity index (χ4v) is 9.16. The summed E-state index contributed by atoms with van der Waals surface area (Å²) in [6.45, 7) is 4.89. The molecule has 0 aromatic rings. The Labute approximate surface area is 411 Å². The van der Waals surface area contributed by atoms with E-state index < -0.39 is 12.1 Å². The van der Waals surface area contributed by atoms with Gasteiger partial charge in [0.2, 0.25) is 5.91 Å². The van der Waals surface area contributed by atoms with Gasteiger partial charge in [0, 0.05) is 12.8 Å². The van der Waals surface area contributed by atoms with Crippen LogP contribution in [0.5, 0.6) is 0 Å². The Bertz CT molecular complexity index is 1030. The van der Waals surface area contributed by atoms with Gasteiger partial charge in [0.25, 0.3) is 0 Å². The van der Waals surface area contributed by atoms with Crippen molar-refractivity contribution in [2.75, 3.05) is 13.2 Å². The average molecular weight is 931 g/mol. The van der Waals surface area contributed by atoms with Crippen LogP contribution < -0.4 is 5.32 Å². The highest BCUT2D eigenvalue weighted by molar-refractivity contribution is 5.76. The summed E-state index contributed by atoms with van der Waals surface area (Å²) < 4.78 is 5.47. The number of aliphatic hydroxyl groups excluding tert-OH is 2. The zero-order valence-electron chi connectivity index (χ0n) is 44.4. The molecule has 0 aliphatic rings. The van der Waals surface area contributed by atoms with Crippen molar-refractivity contribution in [3.05, 3.63) is 24.3 Å². The standard InChI is InChI=1S/C60H115NO5/c1-3-5-7-9-11-13-14-34-38-42-46-50-54-60(65)66-55-51-47-43-39-35-32-30-28-26-24-22-20-18-16-15-17-19-21-23-25-27-29-31-33-37-41-45-49-53-59(64)61-57(56-62)58(63)52-48-44-40-36-12-10-8-6-4-2/h15-16,48,52,57-58,62-63H,3-14,17-47,49-51,53-56H2,1-2H3,(H,61,64)/b16-15-,52-48+. The second kappa shape index (κ2) is 55.9. The number of rotatable bonds is 55. The number of ether oxygens (including phenoxy) is 1. The first-order chi connectivity index (χ1) is 32.5. The molecule has 0 heterocycles. The number of carbonyl (C=O) groups excluding carboxylic acids is 2. The molecule has 0 saturated heterocycles. The summed E-state index contributed by atoms with van der Waals surface area (Å²) in [5.41, 5.74) is 0. The minimum absolute atomic E-state index is 0.0161. The zero-order chi connectivity index (χ0) is 47.9. The number of carbonyl (C=O) groups is 2. The van der Waals surface area contributed by atoms with E-state index >= 15 is 0 Å². The van der Waals surface area contributed by atoms with E-state index in [4.69, 9.17) is 4.74 Å². The Hall–Kier alpha value is -1.66. The van der Waals surface area contributed by atoms with Gasteiger partial charge in [-0.15, -0.1) is 0 Å². The predicted octanol–water partition coefficient (Wildman–Crippen LogP) is 18.2. The van der Waals surface area contributed by atoms with Crippen LogP contribution in [0.25, 0.3) is 0 Å². The number of aliphatic hydroxyl groups is 2. The first-order valence-corrected chi connectivity index (χ1v) is 29.6. The van der Waals surface area contributed by atoms with E-state index in [1.54, 1.807) is 6.08 Å². The van der Waals surface area contributed by atoms with Gasteiger partial charge < -0.3 is 20.3 Å². The van der Waals surface area contributed by atoms with Crippen molar-refractivity contribution in [3.63, 3.8) is 0 Å². The Morgan fingerprint density at radius 3 is 1.08 bits per heavy atom. The highest BCUT2D eigenvalue weighted by Crippen LogP contribution is 2.17. The van der Waals surface area contributed by atoms with Gasteiger partial charge in [-0.3, -0.25) is 9.59 Å². The molecule has 0 radical (unpaired) electrons. The summed E-state index contributed by atoms with van der Waals surface area (Å²) >= 11 is 0. The van der Waals surface area contributed by atoms with Crippen LogP contribution in [-0.4, -0.2) is 47.4 Å². The van der Waals surface area contributed by atoms with Crippen LogP contribution in [0.3, 0.4) is 0 Å². The molecule has 66 heavy (non-hydrogen) atoms. The zero-order valence-corrected chi connectivity index (χ0v) is 44.4. The smallest absolute Gasteiger partial charge is 0.305 e. The summed E-state index contributed by atoms with van der Waals surface area (Å²) in [5.74, 6) is -0.0540. The molecule has 0 aromatic carbocycles. The monoisotopic (exact) mass is 930 g/mol. The molecular formula is C60H115NO5. The minimum atomic E-state index is -0.841. The lowest BCUT2D eigenvalue weighted by Crippen LogP contribution is -2.45. The Morgan fingerprint density at radius 2 is 0.712 bits per heavy atom. The molecule has 3 N–H and O–H groups in total. The summed E-state index contributed by atoms with van der Waals surface area (Å²) in [6, 6.07) is -0.625. The maximum Gasteiger partial charge on any atom is 0.305 e. The highest BCUT2D eigenvalue weighted by atomic mass is 16.5. The van der Waals surface area contributed by atoms with E-state index in [1.165, 1.54) is 257 Å². The van der Waals surface area contributed by atoms with Crippen molar-refractivity contribution in [1.29, 1.82) is 0 Å². The molecule has 0 aliphatic carbocycles. The van der Waals surface area contributed by atoms with Gasteiger partial charge in [-0.2, -0.15) is 0 Å². The maximum atomic E-state index is 12.4. The normalized spacial score (nSPS) is 12.7. The SMILES string of the molecule is CCCCCCCCC/C=C/C(O)C(CO)NC(=O)CCCCCCCCCCCCCC/C=C\CCCCCCCCCCCCCCOC(=O)CCCCCCCCCCCCCC. The van der Waals surface area contributed by atoms with Crippen molar-refractivity contribution >= 4 is 11.9 Å². The molecule has 0 aromatic heterocycles. The van der Waals surface area contributed by atoms with Crippen LogP contribution in [0.15, 0.2) is 24.3 Å². The van der Waals surface area contributed by atoms with Gasteiger partial charge in [0.05, 0.1) is 25.4 Å². The highest BCUT2D eigenvalue weighted by Gasteiger charge is 2.18. The third-order valence-corrected chi connectivity index (χ3v) is 13.7. The molecule has 1 amide bonds. The predicted molar refractivity (Wildman–Crippen MR) is 287 cm³/mol. The average Bonchev–Trinajstić information content (AvgIpc) is 3.32. The second-order valence-electron chi connectivity index (χ2n) is 20.3. The molecule has 0 fully saturated rings. The van der Waals surface area contributed by atoms with Crippen molar-refractivity contribution in [2.45, 2.75) is 334 Å². The Morgan fingerprint density at radius 1 is 0.409 bits per heavy atom. The number of allylic oxidation sites excluding steroid dienone is 3. The van der Waals surface area contributed by atoms with E-state index in [2.05, 4.69) is 31.3 Å². The topological polar surface area (TPSA) is 95.9 Å². The lowest BCUT2D eigenvalue weighted by atomic mass is 10.0. The minimum Gasteiger partial charge on any atom is -0.466 e. The summed E-state index contributed by atoms with van der Waals surface area (Å²) in [6.07, 6.45) is 68.0. The molecule has 0 spiro atoms. The number of amides is 1. The lowest BCUT2D eigenvalue weighted by molar-refractivity contribution is -0.143. The fourth-order valence-electron chi connectivity index (χ4n) is 9.16. The molecule has 2 unspecified atom stereocenters. The number of hydrogen-bond acceptors (Lipinski definition) is 5. The molecule has 2 atom stereocenters. The van der Waals surface area contributed by atoms with E-state index in [0.29, 0.717) is 19.4 Å². The van der Waals surface area contributed by atoms with Gasteiger partial charge >= 0.3 is 5.97 Å². The summed E-state index contributed by atoms with van der Waals surface area (Å²) in [5, 5.41) is 22.9. The van der Waals surface area contributed by atoms with Crippen molar-refractivity contribution < 1.29 is 24.5 Å². The van der Waals surface area contributed by atoms with Crippen LogP contribution in [0, 0.1) is 0 Å². The third kappa shape index (κ3) is 51.7. The van der Waals surface area contributed by atoms with E-state index in [9.17, 15) is 19.8 Å². The number of nitrogens with one attached hydrogen (secondary N) is 1. The maximum absolute atomic E-state index is 12.4. The molecule has 0 aliphatic heterocycles. The van der Waals surface area contributed by atoms with Crippen molar-refractivity contribution in [3.8, 4) is 0 Å². The lowest BCUT2D eigenvalue weighted by Gasteiger charge is -2.20. The molecule has 0 bridgehead atoms. The van der Waals surface area contributed by atoms with Gasteiger partial charge in [-0.1, -0.05) is 276 Å². The van der Waals surface area contributed by atoms with Gasteiger partial charge in [-0.25, -0.2) is 0 Å². The van der Waals surface area contributed by atoms with E-state index in [-0.39, 0.29) is 18.5 Å². The van der Waals surface area contributed by atoms with E-state index in [1.807, 2.05) is 6.08 Å². The Balaban J connectivity index is 3.36. The van der Waals surface area contributed by atoms with Crippen LogP contribution in [-0.2, 0) is 14.3 Å². The number of unbranched alkanes of at least 4 members (excludes halogenated alkanes) is 42. The summed E-state index contributed by atoms with van der Waals surface area (Å²) in [4.78, 5) is 24.4. The van der Waals surface area contributed by atoms with Crippen LogP contribution >= 0.6 is 0 Å². The van der Waals surface area contributed by atoms with Gasteiger partial charge in [-0.05, 0) is 57.8 Å². The molecule has 0 saturated carbocycles. The third-order valence-electron chi connectivity index (χ3n) is 13.7. The van der Waals surface area contributed by atoms with Gasteiger partial charge in [0.15, 0.2) is 0 Å². The molecule has 0 rings (SSSR count). The van der Waals surface area contributed by atoms with Gasteiger partial charge in [0.1, 0.15) is 0 Å². The molecule has 6 nitrogen and oxygen atoms in total. The largest absolute Gasteiger partial charge is 0.466 e. The fraction of sp³-hybridized carbons (Fsp3) is 0.900. The quantitative estimate of drug-likeness (QED) is 0.0321.